The lowest BCUT2D eigenvalue weighted by molar-refractivity contribution is -0.143. The maximum atomic E-state index is 12.1. The van der Waals surface area contributed by atoms with E-state index < -0.39 is 5.97 Å². The predicted octanol–water partition coefficient (Wildman–Crippen LogP) is 0.665. The average molecular weight is 251 g/mol. The number of amides is 1. The Kier molecular flexibility index (Phi) is 3.36. The first-order valence-corrected chi connectivity index (χ1v) is 6.01. The van der Waals surface area contributed by atoms with Crippen molar-refractivity contribution in [3.05, 3.63) is 17.5 Å². The van der Waals surface area contributed by atoms with Crippen molar-refractivity contribution >= 4 is 11.9 Å². The van der Waals surface area contributed by atoms with Crippen LogP contribution < -0.4 is 0 Å². The molecule has 1 aromatic rings. The molecule has 0 unspecified atom stereocenters. The predicted molar refractivity (Wildman–Crippen MR) is 64.2 cm³/mol. The topological polar surface area (TPSA) is 75.4 Å². The molecule has 1 aliphatic heterocycles. The van der Waals surface area contributed by atoms with E-state index in [1.165, 1.54) is 0 Å². The van der Waals surface area contributed by atoms with E-state index in [1.54, 1.807) is 22.7 Å². The fraction of sp³-hybridized carbons (Fsp3) is 0.583. The smallest absolute Gasteiger partial charge is 0.306 e. The van der Waals surface area contributed by atoms with Crippen LogP contribution in [0.25, 0.3) is 0 Å². The molecule has 0 aliphatic carbocycles. The maximum absolute atomic E-state index is 12.1. The zero-order valence-electron chi connectivity index (χ0n) is 10.6. The second-order valence-corrected chi connectivity index (χ2v) is 4.70. The van der Waals surface area contributed by atoms with Gasteiger partial charge in [-0.2, -0.15) is 5.10 Å². The Morgan fingerprint density at radius 3 is 2.44 bits per heavy atom. The molecule has 1 amide bonds. The summed E-state index contributed by atoms with van der Waals surface area (Å²) in [6, 6.07) is 1.76. The third-order valence-electron chi connectivity index (χ3n) is 3.46. The summed E-state index contributed by atoms with van der Waals surface area (Å²) in [4.78, 5) is 24.7. The van der Waals surface area contributed by atoms with Crippen LogP contribution in [0.15, 0.2) is 6.07 Å². The molecule has 6 nitrogen and oxygen atoms in total. The lowest BCUT2D eigenvalue weighted by atomic mass is 9.97. The Bertz CT molecular complexity index is 453. The summed E-state index contributed by atoms with van der Waals surface area (Å²) >= 11 is 0. The summed E-state index contributed by atoms with van der Waals surface area (Å²) in [5, 5.41) is 13.0. The molecule has 0 aromatic carbocycles. The number of rotatable bonds is 2. The first kappa shape index (κ1) is 12.6. The van der Waals surface area contributed by atoms with E-state index in [0.717, 1.165) is 5.69 Å². The molecule has 6 heteroatoms. The molecule has 1 saturated heterocycles. The van der Waals surface area contributed by atoms with E-state index >= 15 is 0 Å². The third kappa shape index (κ3) is 2.37. The summed E-state index contributed by atoms with van der Waals surface area (Å²) in [6.45, 7) is 2.87. The summed E-state index contributed by atoms with van der Waals surface area (Å²) in [6.07, 6.45) is 1.04. The van der Waals surface area contributed by atoms with Crippen molar-refractivity contribution in [1.29, 1.82) is 0 Å². The van der Waals surface area contributed by atoms with Gasteiger partial charge in [-0.25, -0.2) is 0 Å². The molecule has 18 heavy (non-hydrogen) atoms. The van der Waals surface area contributed by atoms with Crippen LogP contribution >= 0.6 is 0 Å². The molecule has 2 rings (SSSR count). The van der Waals surface area contributed by atoms with Crippen LogP contribution in [-0.4, -0.2) is 44.8 Å². The summed E-state index contributed by atoms with van der Waals surface area (Å²) < 4.78 is 1.66. The summed E-state index contributed by atoms with van der Waals surface area (Å²) in [5.41, 5.74) is 1.36. The monoisotopic (exact) mass is 251 g/mol. The molecule has 0 radical (unpaired) electrons. The van der Waals surface area contributed by atoms with Gasteiger partial charge < -0.3 is 10.0 Å². The molecule has 2 heterocycles. The zero-order chi connectivity index (χ0) is 13.3. The van der Waals surface area contributed by atoms with Gasteiger partial charge in [0.05, 0.1) is 5.92 Å². The molecule has 0 bridgehead atoms. The van der Waals surface area contributed by atoms with E-state index in [9.17, 15) is 9.59 Å². The molecule has 0 atom stereocenters. The SMILES string of the molecule is Cc1cc(C(=O)N2CCC(C(=O)O)CC2)nn1C. The second-order valence-electron chi connectivity index (χ2n) is 4.70. The Labute approximate surface area is 105 Å². The van der Waals surface area contributed by atoms with Gasteiger partial charge in [0.15, 0.2) is 5.69 Å². The normalized spacial score (nSPS) is 16.9. The van der Waals surface area contributed by atoms with E-state index in [-0.39, 0.29) is 11.8 Å². The standard InChI is InChI=1S/C12H17N3O3/c1-8-7-10(13-14(8)2)11(16)15-5-3-9(4-6-15)12(17)18/h7,9H,3-6H2,1-2H3,(H,17,18). The highest BCUT2D eigenvalue weighted by Crippen LogP contribution is 2.19. The largest absolute Gasteiger partial charge is 0.481 e. The Balaban J connectivity index is 2.01. The van der Waals surface area contributed by atoms with Crippen LogP contribution in [0.1, 0.15) is 29.0 Å². The maximum Gasteiger partial charge on any atom is 0.306 e. The highest BCUT2D eigenvalue weighted by atomic mass is 16.4. The van der Waals surface area contributed by atoms with Crippen molar-refractivity contribution in [3.63, 3.8) is 0 Å². The average Bonchev–Trinajstić information content (AvgIpc) is 2.69. The van der Waals surface area contributed by atoms with Crippen molar-refractivity contribution in [2.24, 2.45) is 13.0 Å². The van der Waals surface area contributed by atoms with Crippen LogP contribution in [0.3, 0.4) is 0 Å². The van der Waals surface area contributed by atoms with Gasteiger partial charge in [-0.15, -0.1) is 0 Å². The molecule has 98 valence electrons. The summed E-state index contributed by atoms with van der Waals surface area (Å²) in [7, 11) is 1.79. The third-order valence-corrected chi connectivity index (χ3v) is 3.46. The number of piperidine rings is 1. The minimum absolute atomic E-state index is 0.109. The van der Waals surface area contributed by atoms with Gasteiger partial charge in [0.2, 0.25) is 0 Å². The number of likely N-dealkylation sites (tertiary alicyclic amines) is 1. The Morgan fingerprint density at radius 1 is 1.39 bits per heavy atom. The molecule has 0 spiro atoms. The minimum atomic E-state index is -0.768. The van der Waals surface area contributed by atoms with Crippen LogP contribution in [0.4, 0.5) is 0 Å². The Morgan fingerprint density at radius 2 is 2.00 bits per heavy atom. The van der Waals surface area contributed by atoms with Crippen LogP contribution in [0, 0.1) is 12.8 Å². The fourth-order valence-corrected chi connectivity index (χ4v) is 2.16. The van der Waals surface area contributed by atoms with Crippen LogP contribution in [0.5, 0.6) is 0 Å². The number of carbonyl (C=O) groups is 2. The van der Waals surface area contributed by atoms with Crippen molar-refractivity contribution in [1.82, 2.24) is 14.7 Å². The number of carbonyl (C=O) groups excluding carboxylic acids is 1. The molecule has 1 fully saturated rings. The number of hydrogen-bond acceptors (Lipinski definition) is 3. The van der Waals surface area contributed by atoms with Crippen LogP contribution in [0.2, 0.25) is 0 Å². The van der Waals surface area contributed by atoms with E-state index in [0.29, 0.717) is 31.6 Å². The van der Waals surface area contributed by atoms with Crippen molar-refractivity contribution in [3.8, 4) is 0 Å². The lowest BCUT2D eigenvalue weighted by Gasteiger charge is -2.29. The number of carboxylic acids is 1. The fourth-order valence-electron chi connectivity index (χ4n) is 2.16. The molecule has 1 N–H and O–H groups in total. The van der Waals surface area contributed by atoms with Gasteiger partial charge in [0.1, 0.15) is 0 Å². The number of aromatic nitrogens is 2. The number of carboxylic acid groups (broad SMARTS) is 1. The highest BCUT2D eigenvalue weighted by Gasteiger charge is 2.28. The number of hydrogen-bond donors (Lipinski definition) is 1. The van der Waals surface area contributed by atoms with Crippen molar-refractivity contribution in [2.75, 3.05) is 13.1 Å². The molecule has 1 aliphatic rings. The highest BCUT2D eigenvalue weighted by molar-refractivity contribution is 5.92. The van der Waals surface area contributed by atoms with Crippen molar-refractivity contribution < 1.29 is 14.7 Å². The van der Waals surface area contributed by atoms with Gasteiger partial charge in [0, 0.05) is 25.8 Å². The van der Waals surface area contributed by atoms with Gasteiger partial charge in [-0.1, -0.05) is 0 Å². The molecule has 0 saturated carbocycles. The van der Waals surface area contributed by atoms with Gasteiger partial charge in [-0.05, 0) is 25.8 Å². The number of aryl methyl sites for hydroxylation is 2. The first-order valence-electron chi connectivity index (χ1n) is 6.01. The second kappa shape index (κ2) is 4.80. The van der Waals surface area contributed by atoms with Gasteiger partial charge >= 0.3 is 5.97 Å². The molecular weight excluding hydrogens is 234 g/mol. The molecule has 1 aromatic heterocycles. The van der Waals surface area contributed by atoms with Gasteiger partial charge in [-0.3, -0.25) is 14.3 Å². The zero-order valence-corrected chi connectivity index (χ0v) is 10.6. The quantitative estimate of drug-likeness (QED) is 0.838. The van der Waals surface area contributed by atoms with Gasteiger partial charge in [0.25, 0.3) is 5.91 Å². The van der Waals surface area contributed by atoms with Crippen LogP contribution in [-0.2, 0) is 11.8 Å². The van der Waals surface area contributed by atoms with E-state index in [4.69, 9.17) is 5.11 Å². The van der Waals surface area contributed by atoms with E-state index in [2.05, 4.69) is 5.10 Å². The molecular formula is C12H17N3O3. The lowest BCUT2D eigenvalue weighted by Crippen LogP contribution is -2.40. The van der Waals surface area contributed by atoms with E-state index in [1.807, 2.05) is 6.92 Å². The minimum Gasteiger partial charge on any atom is -0.481 e. The first-order chi connectivity index (χ1) is 8.49. The Hall–Kier alpha value is -1.85. The summed E-state index contributed by atoms with van der Waals surface area (Å²) in [5.74, 6) is -1.20. The number of nitrogens with zero attached hydrogens (tertiary/aromatic N) is 3. The number of aliphatic carboxylic acids is 1. The van der Waals surface area contributed by atoms with Crippen molar-refractivity contribution in [2.45, 2.75) is 19.8 Å².